The third kappa shape index (κ3) is 2.48. The first-order valence-corrected chi connectivity index (χ1v) is 6.85. The molecule has 1 aromatic heterocycles. The fourth-order valence-electron chi connectivity index (χ4n) is 2.46. The first-order valence-electron chi connectivity index (χ1n) is 6.85. The van der Waals surface area contributed by atoms with Crippen LogP contribution in [0.1, 0.15) is 22.1 Å². The zero-order chi connectivity index (χ0) is 14.8. The van der Waals surface area contributed by atoms with Gasteiger partial charge in [0.05, 0.1) is 6.04 Å². The summed E-state index contributed by atoms with van der Waals surface area (Å²) in [6, 6.07) is 10.0. The molecule has 2 aromatic rings. The van der Waals surface area contributed by atoms with Crippen molar-refractivity contribution in [2.24, 2.45) is 0 Å². The number of benzene rings is 1. The van der Waals surface area contributed by atoms with Crippen LogP contribution in [0.3, 0.4) is 0 Å². The van der Waals surface area contributed by atoms with Gasteiger partial charge >= 0.3 is 0 Å². The molecule has 1 aromatic carbocycles. The number of pyridine rings is 1. The Balaban J connectivity index is 1.90. The average molecular weight is 283 g/mol. The molecule has 0 saturated carbocycles. The monoisotopic (exact) mass is 283 g/mol. The van der Waals surface area contributed by atoms with Gasteiger partial charge in [0.15, 0.2) is 0 Å². The Morgan fingerprint density at radius 3 is 2.71 bits per heavy atom. The number of hydrogen-bond donors (Lipinski definition) is 2. The predicted octanol–water partition coefficient (Wildman–Crippen LogP) is 1.76. The summed E-state index contributed by atoms with van der Waals surface area (Å²) in [7, 11) is 3.52. The van der Waals surface area contributed by atoms with E-state index in [1.807, 2.05) is 19.2 Å². The van der Waals surface area contributed by atoms with Crippen LogP contribution in [0.2, 0.25) is 0 Å². The lowest BCUT2D eigenvalue weighted by Crippen LogP contribution is -2.18. The fraction of sp³-hybridized carbons (Fsp3) is 0.250. The normalized spacial score (nSPS) is 16.2. The van der Waals surface area contributed by atoms with Gasteiger partial charge in [-0.15, -0.1) is 0 Å². The molecule has 1 unspecified atom stereocenters. The maximum Gasteiger partial charge on any atom is 0.269 e. The lowest BCUT2D eigenvalue weighted by atomic mass is 10.0. The smallest absolute Gasteiger partial charge is 0.269 e. The minimum absolute atomic E-state index is 0.185. The Hall–Kier alpha value is -2.40. The van der Waals surface area contributed by atoms with Gasteiger partial charge in [-0.2, -0.15) is 0 Å². The quantitative estimate of drug-likeness (QED) is 0.901. The van der Waals surface area contributed by atoms with Crippen LogP contribution in [-0.4, -0.2) is 31.6 Å². The van der Waals surface area contributed by atoms with Crippen LogP contribution in [0.5, 0.6) is 5.75 Å². The third-order valence-electron chi connectivity index (χ3n) is 3.70. The highest BCUT2D eigenvalue weighted by atomic mass is 16.5. The zero-order valence-corrected chi connectivity index (χ0v) is 12.0. The number of rotatable bonds is 3. The van der Waals surface area contributed by atoms with Crippen molar-refractivity contribution in [3.05, 3.63) is 47.8 Å². The van der Waals surface area contributed by atoms with Crippen molar-refractivity contribution in [2.45, 2.75) is 6.04 Å². The Bertz CT molecular complexity index is 668. The first kappa shape index (κ1) is 13.6. The van der Waals surface area contributed by atoms with E-state index in [-0.39, 0.29) is 11.9 Å². The molecule has 0 bridgehead atoms. The number of nitrogens with zero attached hydrogens (tertiary/aromatic N) is 1. The second kappa shape index (κ2) is 5.54. The molecule has 0 fully saturated rings. The van der Waals surface area contributed by atoms with Gasteiger partial charge in [-0.05, 0) is 24.7 Å². The summed E-state index contributed by atoms with van der Waals surface area (Å²) >= 11 is 0. The van der Waals surface area contributed by atoms with Gasteiger partial charge < -0.3 is 15.4 Å². The lowest BCUT2D eigenvalue weighted by Gasteiger charge is -2.07. The van der Waals surface area contributed by atoms with Crippen molar-refractivity contribution in [2.75, 3.05) is 20.7 Å². The van der Waals surface area contributed by atoms with E-state index in [2.05, 4.69) is 27.8 Å². The van der Waals surface area contributed by atoms with Crippen molar-refractivity contribution in [3.8, 4) is 16.9 Å². The average Bonchev–Trinajstić information content (AvgIpc) is 2.96. The minimum atomic E-state index is -0.185. The topological polar surface area (TPSA) is 63.2 Å². The molecule has 21 heavy (non-hydrogen) atoms. The third-order valence-corrected chi connectivity index (χ3v) is 3.70. The van der Waals surface area contributed by atoms with E-state index in [4.69, 9.17) is 4.74 Å². The number of hydrogen-bond acceptors (Lipinski definition) is 4. The maximum absolute atomic E-state index is 11.5. The molecule has 5 nitrogen and oxygen atoms in total. The second-order valence-electron chi connectivity index (χ2n) is 4.92. The number of amides is 1. The molecular formula is C16H17N3O2. The number of carbonyl (C=O) groups is 1. The molecule has 1 amide bonds. The standard InChI is InChI=1S/C16H17N3O2/c1-17-14-9-21-15-7-10(3-5-12(14)15)11-4-6-13(19-8-11)16(20)18-2/h3-8,14,17H,9H2,1-2H3,(H,18,20). The summed E-state index contributed by atoms with van der Waals surface area (Å²) in [5, 5.41) is 5.78. The number of nitrogens with one attached hydrogen (secondary N) is 2. The summed E-state index contributed by atoms with van der Waals surface area (Å²) in [6.45, 7) is 0.656. The van der Waals surface area contributed by atoms with Crippen LogP contribution in [0.25, 0.3) is 11.1 Å². The molecule has 2 N–H and O–H groups in total. The van der Waals surface area contributed by atoms with E-state index in [0.717, 1.165) is 16.9 Å². The first-order chi connectivity index (χ1) is 10.2. The summed E-state index contributed by atoms with van der Waals surface area (Å²) in [5.41, 5.74) is 3.58. The van der Waals surface area contributed by atoms with Gasteiger partial charge in [-0.3, -0.25) is 9.78 Å². The summed E-state index contributed by atoms with van der Waals surface area (Å²) in [5.74, 6) is 0.720. The van der Waals surface area contributed by atoms with E-state index in [0.29, 0.717) is 12.3 Å². The highest BCUT2D eigenvalue weighted by Crippen LogP contribution is 2.35. The largest absolute Gasteiger partial charge is 0.491 e. The van der Waals surface area contributed by atoms with E-state index in [1.54, 1.807) is 19.3 Å². The van der Waals surface area contributed by atoms with Crippen molar-refractivity contribution >= 4 is 5.91 Å². The molecular weight excluding hydrogens is 266 g/mol. The lowest BCUT2D eigenvalue weighted by molar-refractivity contribution is 0.0958. The van der Waals surface area contributed by atoms with Crippen molar-refractivity contribution < 1.29 is 9.53 Å². The number of likely N-dealkylation sites (N-methyl/N-ethyl adjacent to an activating group) is 1. The molecule has 3 rings (SSSR count). The molecule has 5 heteroatoms. The second-order valence-corrected chi connectivity index (χ2v) is 4.92. The van der Waals surface area contributed by atoms with Crippen LogP contribution in [-0.2, 0) is 0 Å². The van der Waals surface area contributed by atoms with Gasteiger partial charge in [-0.25, -0.2) is 0 Å². The van der Waals surface area contributed by atoms with Crippen LogP contribution in [0.15, 0.2) is 36.5 Å². The summed E-state index contributed by atoms with van der Waals surface area (Å²) < 4.78 is 5.70. The van der Waals surface area contributed by atoms with E-state index >= 15 is 0 Å². The van der Waals surface area contributed by atoms with Gasteiger partial charge in [0.1, 0.15) is 18.1 Å². The minimum Gasteiger partial charge on any atom is -0.491 e. The van der Waals surface area contributed by atoms with Crippen LogP contribution in [0.4, 0.5) is 0 Å². The van der Waals surface area contributed by atoms with Gasteiger partial charge in [0.25, 0.3) is 5.91 Å². The Morgan fingerprint density at radius 2 is 2.05 bits per heavy atom. The van der Waals surface area contributed by atoms with Gasteiger partial charge in [0, 0.05) is 24.4 Å². The fourth-order valence-corrected chi connectivity index (χ4v) is 2.46. The Kier molecular flexibility index (Phi) is 3.58. The zero-order valence-electron chi connectivity index (χ0n) is 12.0. The number of ether oxygens (including phenoxy) is 1. The molecule has 1 aliphatic rings. The molecule has 0 spiro atoms. The molecule has 1 aliphatic heterocycles. The maximum atomic E-state index is 11.5. The predicted molar refractivity (Wildman–Crippen MR) is 80.4 cm³/mol. The van der Waals surface area contributed by atoms with E-state index in [9.17, 15) is 4.79 Å². The summed E-state index contributed by atoms with van der Waals surface area (Å²) in [6.07, 6.45) is 1.71. The Labute approximate surface area is 123 Å². The molecule has 1 atom stereocenters. The molecule has 2 heterocycles. The van der Waals surface area contributed by atoms with Gasteiger partial charge in [-0.1, -0.05) is 18.2 Å². The molecule has 108 valence electrons. The number of fused-ring (bicyclic) bond motifs is 1. The van der Waals surface area contributed by atoms with Crippen molar-refractivity contribution in [3.63, 3.8) is 0 Å². The van der Waals surface area contributed by atoms with Crippen molar-refractivity contribution in [1.82, 2.24) is 15.6 Å². The van der Waals surface area contributed by atoms with Gasteiger partial charge in [0.2, 0.25) is 0 Å². The molecule has 0 radical (unpaired) electrons. The van der Waals surface area contributed by atoms with E-state index < -0.39 is 0 Å². The Morgan fingerprint density at radius 1 is 1.24 bits per heavy atom. The highest BCUT2D eigenvalue weighted by molar-refractivity contribution is 5.92. The summed E-state index contributed by atoms with van der Waals surface area (Å²) in [4.78, 5) is 15.7. The highest BCUT2D eigenvalue weighted by Gasteiger charge is 2.22. The molecule has 0 aliphatic carbocycles. The number of carbonyl (C=O) groups excluding carboxylic acids is 1. The SMILES string of the molecule is CNC(=O)c1ccc(-c2ccc3c(c2)OCC3NC)cn1. The van der Waals surface area contributed by atoms with Crippen LogP contribution >= 0.6 is 0 Å². The van der Waals surface area contributed by atoms with Crippen LogP contribution in [0, 0.1) is 0 Å². The van der Waals surface area contributed by atoms with Crippen LogP contribution < -0.4 is 15.4 Å². The van der Waals surface area contributed by atoms with E-state index in [1.165, 1.54) is 5.56 Å². The molecule has 0 saturated heterocycles. The number of aromatic nitrogens is 1. The van der Waals surface area contributed by atoms with Crippen molar-refractivity contribution in [1.29, 1.82) is 0 Å².